The van der Waals surface area contributed by atoms with Gasteiger partial charge in [-0.2, -0.15) is 0 Å². The van der Waals surface area contributed by atoms with E-state index in [1.165, 1.54) is 5.56 Å². The molecule has 5 rings (SSSR count). The molecule has 0 nitrogen and oxygen atoms in total. The molecular weight excluding hydrogens is 456 g/mol. The lowest BCUT2D eigenvalue weighted by Gasteiger charge is -2.10. The van der Waals surface area contributed by atoms with Crippen LogP contribution in [0.1, 0.15) is 44.5 Å². The maximum absolute atomic E-state index is 3.67. The first-order chi connectivity index (χ1) is 18.8. The molecule has 5 aromatic carbocycles. The molecule has 5 aromatic rings. The summed E-state index contributed by atoms with van der Waals surface area (Å²) in [6, 6.07) is 47.5. The second-order valence-corrected chi connectivity index (χ2v) is 8.98. The van der Waals surface area contributed by atoms with Crippen molar-refractivity contribution in [1.82, 2.24) is 0 Å². The Labute approximate surface area is 226 Å². The molecule has 0 atom stereocenters. The summed E-state index contributed by atoms with van der Waals surface area (Å²) in [5.74, 6) is 0. The van der Waals surface area contributed by atoms with Crippen LogP contribution in [0.5, 0.6) is 0 Å². The second kappa shape index (κ2) is 12.9. The van der Waals surface area contributed by atoms with Crippen molar-refractivity contribution >= 4 is 48.6 Å². The Hall–Kier alpha value is -4.94. The maximum atomic E-state index is 3.67. The van der Waals surface area contributed by atoms with Gasteiger partial charge in [0.05, 0.1) is 0 Å². The van der Waals surface area contributed by atoms with Crippen molar-refractivity contribution in [3.63, 3.8) is 0 Å². The smallest absolute Gasteiger partial charge is 0.00201 e. The molecule has 0 saturated heterocycles. The normalized spacial score (nSPS) is 11.8. The summed E-state index contributed by atoms with van der Waals surface area (Å²) in [6.07, 6.45) is 17.3. The van der Waals surface area contributed by atoms with Crippen molar-refractivity contribution in [1.29, 1.82) is 0 Å². The van der Waals surface area contributed by atoms with E-state index < -0.39 is 0 Å². The lowest BCUT2D eigenvalue weighted by atomic mass is 9.94. The summed E-state index contributed by atoms with van der Waals surface area (Å²) in [4.78, 5) is 0. The second-order valence-electron chi connectivity index (χ2n) is 8.98. The fourth-order valence-electron chi connectivity index (χ4n) is 4.19. The van der Waals surface area contributed by atoms with Crippen molar-refractivity contribution in [2.75, 3.05) is 0 Å². The van der Waals surface area contributed by atoms with Gasteiger partial charge < -0.3 is 0 Å². The van der Waals surface area contributed by atoms with Gasteiger partial charge in [-0.3, -0.25) is 0 Å². The van der Waals surface area contributed by atoms with Crippen LogP contribution in [0.4, 0.5) is 0 Å². The van der Waals surface area contributed by atoms with Gasteiger partial charge in [-0.1, -0.05) is 170 Å². The summed E-state index contributed by atoms with van der Waals surface area (Å²) in [7, 11) is 0. The number of hydrogen-bond acceptors (Lipinski definition) is 0. The van der Waals surface area contributed by atoms with E-state index in [0.29, 0.717) is 0 Å². The Morgan fingerprint density at radius 3 is 1.24 bits per heavy atom. The summed E-state index contributed by atoms with van der Waals surface area (Å²) < 4.78 is 0. The highest BCUT2D eigenvalue weighted by Crippen LogP contribution is 2.26. The Morgan fingerprint density at radius 2 is 0.763 bits per heavy atom. The molecule has 0 aliphatic carbocycles. The Balaban J connectivity index is 1.62. The van der Waals surface area contributed by atoms with Gasteiger partial charge in [-0.05, 0) is 56.6 Å². The molecule has 0 spiro atoms. The van der Waals surface area contributed by atoms with Crippen LogP contribution in [0.15, 0.2) is 127 Å². The fourth-order valence-corrected chi connectivity index (χ4v) is 4.19. The molecule has 0 N–H and O–H groups in total. The topological polar surface area (TPSA) is 0 Å². The van der Waals surface area contributed by atoms with Gasteiger partial charge in [-0.15, -0.1) is 0 Å². The monoisotopic (exact) mass is 485 g/mol. The third-order valence-corrected chi connectivity index (χ3v) is 6.19. The van der Waals surface area contributed by atoms with Gasteiger partial charge in [0.15, 0.2) is 0 Å². The van der Waals surface area contributed by atoms with Crippen molar-refractivity contribution in [3.05, 3.63) is 178 Å². The SMILES string of the molecule is [c]1c(/C=C/c2ccccc2)cc(/C=C/c2ccccc2)c(/C=C/c2ccccc2)c1/C=C/c1ccccc1. The first-order valence-electron chi connectivity index (χ1n) is 12.9. The van der Waals surface area contributed by atoms with Crippen LogP contribution < -0.4 is 0 Å². The zero-order valence-electron chi connectivity index (χ0n) is 21.2. The van der Waals surface area contributed by atoms with Crippen LogP contribution >= 0.6 is 0 Å². The minimum absolute atomic E-state index is 1.03. The summed E-state index contributed by atoms with van der Waals surface area (Å²) >= 11 is 0. The first kappa shape index (κ1) is 24.7. The van der Waals surface area contributed by atoms with Gasteiger partial charge >= 0.3 is 0 Å². The highest BCUT2D eigenvalue weighted by Gasteiger charge is 2.06. The largest absolute Gasteiger partial charge is 0.0622 e. The molecule has 0 aromatic heterocycles. The number of benzene rings is 5. The Morgan fingerprint density at radius 1 is 0.368 bits per heavy atom. The van der Waals surface area contributed by atoms with Gasteiger partial charge in [0, 0.05) is 0 Å². The minimum Gasteiger partial charge on any atom is -0.0622 e. The zero-order chi connectivity index (χ0) is 25.8. The van der Waals surface area contributed by atoms with Gasteiger partial charge in [0.1, 0.15) is 0 Å². The standard InChI is InChI=1S/C38H29/c1-5-13-31(14-6-1)21-22-35-29-36(26-23-32-15-7-2-8-16-32)38(28-25-34-19-11-4-12-20-34)37(30-35)27-24-33-17-9-3-10-18-33/h1-29H/b22-21+,26-23+,27-24+,28-25+. The predicted octanol–water partition coefficient (Wildman–Crippen LogP) is 10.2. The van der Waals surface area contributed by atoms with E-state index >= 15 is 0 Å². The molecule has 38 heavy (non-hydrogen) atoms. The fraction of sp³-hybridized carbons (Fsp3) is 0. The van der Waals surface area contributed by atoms with E-state index in [-0.39, 0.29) is 0 Å². The van der Waals surface area contributed by atoms with Crippen molar-refractivity contribution < 1.29 is 0 Å². The molecule has 0 fully saturated rings. The summed E-state index contributed by atoms with van der Waals surface area (Å²) in [5.41, 5.74) is 9.00. The van der Waals surface area contributed by atoms with E-state index in [2.05, 4.69) is 158 Å². The molecule has 0 heterocycles. The minimum atomic E-state index is 1.03. The molecule has 0 saturated carbocycles. The molecule has 181 valence electrons. The molecule has 0 heteroatoms. The lowest BCUT2D eigenvalue weighted by molar-refractivity contribution is 1.53. The lowest BCUT2D eigenvalue weighted by Crippen LogP contribution is -1.91. The van der Waals surface area contributed by atoms with Crippen molar-refractivity contribution in [3.8, 4) is 0 Å². The van der Waals surface area contributed by atoms with E-state index in [4.69, 9.17) is 0 Å². The molecule has 0 unspecified atom stereocenters. The van der Waals surface area contributed by atoms with E-state index in [0.717, 1.165) is 38.9 Å². The van der Waals surface area contributed by atoms with Crippen molar-refractivity contribution in [2.24, 2.45) is 0 Å². The highest BCUT2D eigenvalue weighted by molar-refractivity contribution is 5.87. The van der Waals surface area contributed by atoms with E-state index in [1.807, 2.05) is 24.3 Å². The van der Waals surface area contributed by atoms with Crippen LogP contribution in [0, 0.1) is 6.07 Å². The molecule has 0 amide bonds. The van der Waals surface area contributed by atoms with Crippen LogP contribution in [0.2, 0.25) is 0 Å². The van der Waals surface area contributed by atoms with Gasteiger partial charge in [0.2, 0.25) is 0 Å². The third kappa shape index (κ3) is 7.06. The Kier molecular flexibility index (Phi) is 8.37. The van der Waals surface area contributed by atoms with Crippen LogP contribution in [0.25, 0.3) is 48.6 Å². The molecule has 0 aliphatic heterocycles. The van der Waals surface area contributed by atoms with Crippen LogP contribution in [-0.4, -0.2) is 0 Å². The molecule has 0 aliphatic rings. The van der Waals surface area contributed by atoms with E-state index in [1.54, 1.807) is 0 Å². The van der Waals surface area contributed by atoms with Crippen molar-refractivity contribution in [2.45, 2.75) is 0 Å². The quantitative estimate of drug-likeness (QED) is 0.192. The average molecular weight is 486 g/mol. The molecular formula is C38H29. The third-order valence-electron chi connectivity index (χ3n) is 6.19. The average Bonchev–Trinajstić information content (AvgIpc) is 2.99. The zero-order valence-corrected chi connectivity index (χ0v) is 21.2. The van der Waals surface area contributed by atoms with Gasteiger partial charge in [0.25, 0.3) is 0 Å². The maximum Gasteiger partial charge on any atom is -0.00201 e. The van der Waals surface area contributed by atoms with Gasteiger partial charge in [-0.25, -0.2) is 0 Å². The Bertz CT molecular complexity index is 1480. The van der Waals surface area contributed by atoms with Crippen LogP contribution in [-0.2, 0) is 0 Å². The molecule has 0 bridgehead atoms. The van der Waals surface area contributed by atoms with Crippen LogP contribution in [0.3, 0.4) is 0 Å². The van der Waals surface area contributed by atoms with E-state index in [9.17, 15) is 0 Å². The predicted molar refractivity (Wildman–Crippen MR) is 167 cm³/mol. The first-order valence-corrected chi connectivity index (χ1v) is 12.9. The number of rotatable bonds is 8. The molecule has 1 radical (unpaired) electrons. The summed E-state index contributed by atoms with van der Waals surface area (Å²) in [5, 5.41) is 0. The summed E-state index contributed by atoms with van der Waals surface area (Å²) in [6.45, 7) is 0. The number of hydrogen-bond donors (Lipinski definition) is 0. The highest BCUT2D eigenvalue weighted by atomic mass is 14.1.